The van der Waals surface area contributed by atoms with Crippen molar-refractivity contribution >= 4 is 0 Å². The summed E-state index contributed by atoms with van der Waals surface area (Å²) in [7, 11) is 0. The highest BCUT2D eigenvalue weighted by Crippen LogP contribution is 2.09. The number of aryl methyl sites for hydroxylation is 1. The Morgan fingerprint density at radius 3 is 1.87 bits per heavy atom. The largest absolute Gasteiger partial charge is 0.0776 e. The molecule has 2 aromatic rings. The van der Waals surface area contributed by atoms with E-state index in [2.05, 4.69) is 61.5 Å². The number of benzene rings is 2. The summed E-state index contributed by atoms with van der Waals surface area (Å²) in [6.45, 7) is 2.12. The maximum absolute atomic E-state index is 2.20. The lowest BCUT2D eigenvalue weighted by Gasteiger charge is -2.01. The Morgan fingerprint density at radius 2 is 1.27 bits per heavy atom. The van der Waals surface area contributed by atoms with E-state index in [-0.39, 0.29) is 7.43 Å². The third-order valence-electron chi connectivity index (χ3n) is 2.37. The molecule has 0 aliphatic carbocycles. The van der Waals surface area contributed by atoms with Crippen LogP contribution >= 0.6 is 0 Å². The fraction of sp³-hybridized carbons (Fsp3) is 0.200. The summed E-state index contributed by atoms with van der Waals surface area (Å²) in [6, 6.07) is 19.3. The van der Waals surface area contributed by atoms with Crippen LogP contribution in [0.25, 0.3) is 0 Å². The van der Waals surface area contributed by atoms with Gasteiger partial charge in [-0.3, -0.25) is 0 Å². The van der Waals surface area contributed by atoms with Gasteiger partial charge in [-0.2, -0.15) is 0 Å². The molecule has 0 aliphatic heterocycles. The first kappa shape index (κ1) is 11.5. The van der Waals surface area contributed by atoms with Crippen LogP contribution in [0.15, 0.2) is 54.6 Å². The molecule has 0 radical (unpaired) electrons. The molecular formula is C15H18. The van der Waals surface area contributed by atoms with Crippen molar-refractivity contribution in [3.63, 3.8) is 0 Å². The second-order valence-corrected chi connectivity index (χ2v) is 3.65. The molecule has 0 spiro atoms. The molecule has 15 heavy (non-hydrogen) atoms. The van der Waals surface area contributed by atoms with Crippen molar-refractivity contribution < 1.29 is 0 Å². The first-order valence-corrected chi connectivity index (χ1v) is 4.94. The summed E-state index contributed by atoms with van der Waals surface area (Å²) in [6.07, 6.45) is 1.03. The fourth-order valence-corrected chi connectivity index (χ4v) is 1.54. The van der Waals surface area contributed by atoms with Crippen molar-refractivity contribution in [3.8, 4) is 0 Å². The summed E-state index contributed by atoms with van der Waals surface area (Å²) in [5.74, 6) is 0. The molecule has 0 saturated carbocycles. The molecule has 0 nitrogen and oxygen atoms in total. The molecule has 2 rings (SSSR count). The highest BCUT2D eigenvalue weighted by Gasteiger charge is 1.94. The van der Waals surface area contributed by atoms with Crippen LogP contribution in [-0.4, -0.2) is 0 Å². The Hall–Kier alpha value is -1.56. The van der Waals surface area contributed by atoms with Gasteiger partial charge in [-0.25, -0.2) is 0 Å². The van der Waals surface area contributed by atoms with E-state index in [1.807, 2.05) is 0 Å². The molecule has 0 heteroatoms. The number of hydrogen-bond acceptors (Lipinski definition) is 0. The van der Waals surface area contributed by atoms with Gasteiger partial charge in [0.25, 0.3) is 0 Å². The highest BCUT2D eigenvalue weighted by molar-refractivity contribution is 5.27. The predicted molar refractivity (Wildman–Crippen MR) is 67.2 cm³/mol. The minimum absolute atomic E-state index is 0. The van der Waals surface area contributed by atoms with E-state index in [1.54, 1.807) is 0 Å². The molecule has 0 atom stereocenters. The third-order valence-corrected chi connectivity index (χ3v) is 2.37. The lowest BCUT2D eigenvalue weighted by Crippen LogP contribution is -1.86. The zero-order valence-electron chi connectivity index (χ0n) is 8.40. The van der Waals surface area contributed by atoms with Gasteiger partial charge in [-0.15, -0.1) is 0 Å². The second kappa shape index (κ2) is 5.35. The second-order valence-electron chi connectivity index (χ2n) is 3.65. The summed E-state index contributed by atoms with van der Waals surface area (Å²) in [5, 5.41) is 0. The maximum atomic E-state index is 2.20. The van der Waals surface area contributed by atoms with E-state index in [0.29, 0.717) is 0 Å². The van der Waals surface area contributed by atoms with Gasteiger partial charge in [0, 0.05) is 0 Å². The van der Waals surface area contributed by atoms with Crippen LogP contribution < -0.4 is 0 Å². The minimum atomic E-state index is 0. The van der Waals surface area contributed by atoms with Crippen molar-refractivity contribution in [1.82, 2.24) is 0 Å². The van der Waals surface area contributed by atoms with Crippen LogP contribution in [0.4, 0.5) is 0 Å². The highest BCUT2D eigenvalue weighted by atomic mass is 14.0. The molecule has 0 unspecified atom stereocenters. The Kier molecular flexibility index (Phi) is 4.11. The van der Waals surface area contributed by atoms with E-state index in [1.165, 1.54) is 16.7 Å². The molecule has 0 saturated heterocycles. The van der Waals surface area contributed by atoms with E-state index in [0.717, 1.165) is 6.42 Å². The third kappa shape index (κ3) is 3.25. The lowest BCUT2D eigenvalue weighted by molar-refractivity contribution is 1.19. The molecular weight excluding hydrogens is 180 g/mol. The molecule has 78 valence electrons. The van der Waals surface area contributed by atoms with Gasteiger partial charge in [0.2, 0.25) is 0 Å². The molecule has 0 fully saturated rings. The Bertz CT molecular complexity index is 384. The monoisotopic (exact) mass is 198 g/mol. The van der Waals surface area contributed by atoms with Crippen molar-refractivity contribution in [3.05, 3.63) is 71.3 Å². The van der Waals surface area contributed by atoms with Gasteiger partial charge < -0.3 is 0 Å². The van der Waals surface area contributed by atoms with E-state index < -0.39 is 0 Å². The van der Waals surface area contributed by atoms with Gasteiger partial charge in [0.15, 0.2) is 0 Å². The van der Waals surface area contributed by atoms with Crippen LogP contribution in [0.5, 0.6) is 0 Å². The molecule has 0 aliphatic rings. The Balaban J connectivity index is 0.00000112. The average Bonchev–Trinajstić information content (AvgIpc) is 2.23. The molecule has 0 aromatic heterocycles. The van der Waals surface area contributed by atoms with Crippen molar-refractivity contribution in [2.75, 3.05) is 0 Å². The number of hydrogen-bond donors (Lipinski definition) is 0. The van der Waals surface area contributed by atoms with Crippen LogP contribution in [0.2, 0.25) is 0 Å². The normalized spacial score (nSPS) is 9.40. The van der Waals surface area contributed by atoms with E-state index in [4.69, 9.17) is 0 Å². The van der Waals surface area contributed by atoms with Gasteiger partial charge in [-0.05, 0) is 24.5 Å². The van der Waals surface area contributed by atoms with Gasteiger partial charge in [-0.1, -0.05) is 67.6 Å². The zero-order valence-corrected chi connectivity index (χ0v) is 8.40. The van der Waals surface area contributed by atoms with Gasteiger partial charge >= 0.3 is 0 Å². The van der Waals surface area contributed by atoms with Gasteiger partial charge in [0.05, 0.1) is 0 Å². The smallest absolute Gasteiger partial charge is 0.00258 e. The molecule has 0 bridgehead atoms. The van der Waals surface area contributed by atoms with Crippen LogP contribution in [0.3, 0.4) is 0 Å². The number of rotatable bonds is 2. The van der Waals surface area contributed by atoms with Crippen molar-refractivity contribution in [1.29, 1.82) is 0 Å². The van der Waals surface area contributed by atoms with E-state index in [9.17, 15) is 0 Å². The van der Waals surface area contributed by atoms with Crippen LogP contribution in [0, 0.1) is 6.92 Å². The van der Waals surface area contributed by atoms with Crippen LogP contribution in [0.1, 0.15) is 24.1 Å². The van der Waals surface area contributed by atoms with Crippen molar-refractivity contribution in [2.24, 2.45) is 0 Å². The molecule has 0 heterocycles. The quantitative estimate of drug-likeness (QED) is 0.677. The van der Waals surface area contributed by atoms with Crippen molar-refractivity contribution in [2.45, 2.75) is 20.8 Å². The topological polar surface area (TPSA) is 0 Å². The van der Waals surface area contributed by atoms with Gasteiger partial charge in [0.1, 0.15) is 0 Å². The SMILES string of the molecule is C.Cc1ccc(Cc2ccccc2)cc1. The Labute approximate surface area is 92.6 Å². The first-order valence-electron chi connectivity index (χ1n) is 4.94. The first-order chi connectivity index (χ1) is 6.84. The predicted octanol–water partition coefficient (Wildman–Crippen LogP) is 4.22. The summed E-state index contributed by atoms with van der Waals surface area (Å²) in [4.78, 5) is 0. The van der Waals surface area contributed by atoms with Crippen LogP contribution in [-0.2, 0) is 6.42 Å². The summed E-state index contributed by atoms with van der Waals surface area (Å²) < 4.78 is 0. The lowest BCUT2D eigenvalue weighted by atomic mass is 10.0. The average molecular weight is 198 g/mol. The standard InChI is InChI=1S/C14H14.CH4/c1-12-7-9-14(10-8-12)11-13-5-3-2-4-6-13;/h2-10H,11H2,1H3;1H4. The zero-order chi connectivity index (χ0) is 9.80. The summed E-state index contributed by atoms with van der Waals surface area (Å²) >= 11 is 0. The molecule has 2 aromatic carbocycles. The molecule has 0 amide bonds. The Morgan fingerprint density at radius 1 is 0.733 bits per heavy atom. The minimum Gasteiger partial charge on any atom is -0.0776 e. The maximum Gasteiger partial charge on any atom is -0.00258 e. The van der Waals surface area contributed by atoms with E-state index >= 15 is 0 Å². The summed E-state index contributed by atoms with van der Waals surface area (Å²) in [5.41, 5.74) is 4.07. The molecule has 0 N–H and O–H groups in total. The fourth-order valence-electron chi connectivity index (χ4n) is 1.54.